The third kappa shape index (κ3) is 7.45. The van der Waals surface area contributed by atoms with Gasteiger partial charge in [0.2, 0.25) is 11.5 Å². The van der Waals surface area contributed by atoms with Gasteiger partial charge in [-0.3, -0.25) is 14.2 Å². The predicted octanol–water partition coefficient (Wildman–Crippen LogP) is 4.93. The number of pyridine rings is 1. The van der Waals surface area contributed by atoms with Crippen LogP contribution in [0.1, 0.15) is 29.3 Å². The third-order valence-corrected chi connectivity index (χ3v) is 6.14. The van der Waals surface area contributed by atoms with E-state index < -0.39 is 60.6 Å². The van der Waals surface area contributed by atoms with Crippen LogP contribution in [0.4, 0.5) is 26.3 Å². The second-order valence-electron chi connectivity index (χ2n) is 8.88. The van der Waals surface area contributed by atoms with Crippen molar-refractivity contribution in [3.63, 3.8) is 0 Å². The highest BCUT2D eigenvalue weighted by atomic mass is 35.5. The third-order valence-electron chi connectivity index (χ3n) is 5.89. The van der Waals surface area contributed by atoms with Crippen LogP contribution in [-0.4, -0.2) is 31.4 Å². The summed E-state index contributed by atoms with van der Waals surface area (Å²) >= 11 is 5.88. The van der Waals surface area contributed by atoms with Crippen LogP contribution in [0.25, 0.3) is 11.4 Å². The van der Waals surface area contributed by atoms with Crippen molar-refractivity contribution < 1.29 is 31.1 Å². The van der Waals surface area contributed by atoms with Gasteiger partial charge in [0.05, 0.1) is 18.0 Å². The van der Waals surface area contributed by atoms with Gasteiger partial charge in [-0.15, -0.1) is 5.10 Å². The van der Waals surface area contributed by atoms with Crippen molar-refractivity contribution in [3.05, 3.63) is 109 Å². The number of nitrogens with zero attached hydrogens (tertiary/aromatic N) is 3. The molecule has 41 heavy (non-hydrogen) atoms. The fourth-order valence-electron chi connectivity index (χ4n) is 4.01. The van der Waals surface area contributed by atoms with E-state index in [9.17, 15) is 40.7 Å². The second-order valence-corrected chi connectivity index (χ2v) is 9.32. The van der Waals surface area contributed by atoms with Crippen LogP contribution in [0.3, 0.4) is 0 Å². The first kappa shape index (κ1) is 29.6. The number of carbonyl (C=O) groups is 1. The Balaban J connectivity index is 1.68. The van der Waals surface area contributed by atoms with Gasteiger partial charge in [0.1, 0.15) is 6.54 Å². The molecule has 2 aromatic heterocycles. The zero-order valence-electron chi connectivity index (χ0n) is 20.8. The van der Waals surface area contributed by atoms with Gasteiger partial charge in [0.25, 0.3) is 0 Å². The van der Waals surface area contributed by atoms with Gasteiger partial charge in [-0.05, 0) is 48.0 Å². The molecule has 216 valence electrons. The largest absolute Gasteiger partial charge is 0.416 e. The summed E-state index contributed by atoms with van der Waals surface area (Å²) in [5, 5.41) is 6.86. The van der Waals surface area contributed by atoms with E-state index in [1.165, 1.54) is 48.5 Å². The van der Waals surface area contributed by atoms with E-state index in [0.29, 0.717) is 9.70 Å². The Kier molecular flexibility index (Phi) is 8.42. The summed E-state index contributed by atoms with van der Waals surface area (Å²) in [4.78, 5) is 40.5. The Bertz CT molecular complexity index is 1660. The first-order chi connectivity index (χ1) is 19.2. The van der Waals surface area contributed by atoms with Crippen molar-refractivity contribution in [1.82, 2.24) is 24.6 Å². The van der Waals surface area contributed by atoms with Crippen LogP contribution in [0.15, 0.2) is 76.3 Å². The summed E-state index contributed by atoms with van der Waals surface area (Å²) in [7, 11) is 0. The van der Waals surface area contributed by atoms with E-state index in [1.54, 1.807) is 0 Å². The highest BCUT2D eigenvalue weighted by Gasteiger charge is 2.32. The Morgan fingerprint density at radius 2 is 1.66 bits per heavy atom. The molecule has 4 rings (SSSR count). The van der Waals surface area contributed by atoms with Gasteiger partial charge >= 0.3 is 18.0 Å². The molecule has 2 heterocycles. The number of hydrogen-bond donors (Lipinski definition) is 2. The SMILES string of the molecule is O=C(Cn1nc(-c2ccc(Cl)cc2)n(CCC(F)(F)F)c1=O)NC(c1cccc(C(F)(F)F)c1)c1cccc(=O)[nH]1. The normalized spacial score (nSPS) is 12.8. The van der Waals surface area contributed by atoms with Gasteiger partial charge in [0, 0.05) is 28.9 Å². The average Bonchev–Trinajstić information content (AvgIpc) is 3.20. The lowest BCUT2D eigenvalue weighted by atomic mass is 10.0. The van der Waals surface area contributed by atoms with Crippen molar-refractivity contribution in [2.75, 3.05) is 0 Å². The Morgan fingerprint density at radius 3 is 2.29 bits per heavy atom. The van der Waals surface area contributed by atoms with Crippen LogP contribution < -0.4 is 16.6 Å². The summed E-state index contributed by atoms with van der Waals surface area (Å²) in [5.74, 6) is -1.06. The van der Waals surface area contributed by atoms with Gasteiger partial charge in [0.15, 0.2) is 5.82 Å². The number of hydrogen-bond acceptors (Lipinski definition) is 4. The maximum absolute atomic E-state index is 13.4. The number of aromatic nitrogens is 4. The molecule has 0 aliphatic rings. The summed E-state index contributed by atoms with van der Waals surface area (Å²) in [6, 6.07) is 12.4. The predicted molar refractivity (Wildman–Crippen MR) is 136 cm³/mol. The van der Waals surface area contributed by atoms with E-state index >= 15 is 0 Å². The van der Waals surface area contributed by atoms with Crippen LogP contribution in [0, 0.1) is 0 Å². The minimum Gasteiger partial charge on any atom is -0.342 e. The maximum Gasteiger partial charge on any atom is 0.416 e. The van der Waals surface area contributed by atoms with Crippen LogP contribution in [0.2, 0.25) is 5.02 Å². The van der Waals surface area contributed by atoms with Gasteiger partial charge in [-0.2, -0.15) is 26.3 Å². The molecule has 0 saturated carbocycles. The minimum absolute atomic E-state index is 0.0278. The molecule has 0 saturated heterocycles. The molecule has 2 aromatic carbocycles. The lowest BCUT2D eigenvalue weighted by Gasteiger charge is -2.20. The Morgan fingerprint density at radius 1 is 0.976 bits per heavy atom. The quantitative estimate of drug-likeness (QED) is 0.281. The molecule has 0 radical (unpaired) electrons. The molecule has 2 N–H and O–H groups in total. The number of nitrogens with one attached hydrogen (secondary N) is 2. The van der Waals surface area contributed by atoms with E-state index in [0.717, 1.165) is 22.8 Å². The Hall–Kier alpha value is -4.33. The summed E-state index contributed by atoms with van der Waals surface area (Å²) < 4.78 is 80.4. The van der Waals surface area contributed by atoms with Crippen LogP contribution in [0.5, 0.6) is 0 Å². The van der Waals surface area contributed by atoms with Gasteiger partial charge in [-0.1, -0.05) is 29.8 Å². The number of halogens is 7. The van der Waals surface area contributed by atoms with Gasteiger partial charge < -0.3 is 10.3 Å². The first-order valence-corrected chi connectivity index (χ1v) is 12.2. The topological polar surface area (TPSA) is 102 Å². The van der Waals surface area contributed by atoms with Crippen molar-refractivity contribution in [1.29, 1.82) is 0 Å². The fourth-order valence-corrected chi connectivity index (χ4v) is 4.13. The number of benzene rings is 2. The molecule has 0 fully saturated rings. The summed E-state index contributed by atoms with van der Waals surface area (Å²) in [5.41, 5.74) is -2.31. The van der Waals surface area contributed by atoms with E-state index in [1.807, 2.05) is 0 Å². The number of carbonyl (C=O) groups excluding carboxylic acids is 1. The highest BCUT2D eigenvalue weighted by molar-refractivity contribution is 6.30. The molecule has 0 spiro atoms. The second kappa shape index (κ2) is 11.6. The monoisotopic (exact) mass is 599 g/mol. The van der Waals surface area contributed by atoms with Crippen molar-refractivity contribution >= 4 is 17.5 Å². The van der Waals surface area contributed by atoms with Crippen LogP contribution in [-0.2, 0) is 24.1 Å². The van der Waals surface area contributed by atoms with Crippen molar-refractivity contribution in [3.8, 4) is 11.4 Å². The lowest BCUT2D eigenvalue weighted by Crippen LogP contribution is -2.37. The van der Waals surface area contributed by atoms with E-state index in [4.69, 9.17) is 11.6 Å². The molecular formula is C26H20ClF6N5O3. The number of alkyl halides is 6. The summed E-state index contributed by atoms with van der Waals surface area (Å²) in [6.45, 7) is -1.56. The number of H-pyrrole nitrogens is 1. The van der Waals surface area contributed by atoms with Crippen molar-refractivity contribution in [2.24, 2.45) is 0 Å². The van der Waals surface area contributed by atoms with Crippen molar-refractivity contribution in [2.45, 2.75) is 37.9 Å². The first-order valence-electron chi connectivity index (χ1n) is 11.9. The molecule has 0 aliphatic carbocycles. The Labute approximate surface area is 232 Å². The molecule has 8 nitrogen and oxygen atoms in total. The molecule has 1 unspecified atom stereocenters. The molecule has 4 aromatic rings. The molecule has 0 bridgehead atoms. The molecule has 1 amide bonds. The zero-order valence-corrected chi connectivity index (χ0v) is 21.5. The highest BCUT2D eigenvalue weighted by Crippen LogP contribution is 2.32. The standard InChI is InChI=1S/C26H20ClF6N5O3/c27-18-9-7-15(8-10-18)23-36-38(24(41)37(23)12-11-25(28,29)30)14-21(40)35-22(19-5-2-6-20(39)34-19)16-3-1-4-17(13-16)26(31,32)33/h1-10,13,22H,11-12,14H2,(H,34,39)(H,35,40). The zero-order chi connectivity index (χ0) is 29.9. The summed E-state index contributed by atoms with van der Waals surface area (Å²) in [6.07, 6.45) is -10.6. The smallest absolute Gasteiger partial charge is 0.342 e. The number of rotatable bonds is 8. The molecule has 1 atom stereocenters. The molecular weight excluding hydrogens is 580 g/mol. The molecule has 15 heteroatoms. The molecule has 0 aliphatic heterocycles. The average molecular weight is 600 g/mol. The maximum atomic E-state index is 13.4. The van der Waals surface area contributed by atoms with Gasteiger partial charge in [-0.25, -0.2) is 9.48 Å². The van der Waals surface area contributed by atoms with E-state index in [-0.39, 0.29) is 22.6 Å². The van der Waals surface area contributed by atoms with E-state index in [2.05, 4.69) is 15.4 Å². The fraction of sp³-hybridized carbons (Fsp3) is 0.231. The lowest BCUT2D eigenvalue weighted by molar-refractivity contribution is -0.138. The number of amides is 1. The number of aromatic amines is 1. The minimum atomic E-state index is -4.69. The van der Waals surface area contributed by atoms with Crippen LogP contribution >= 0.6 is 11.6 Å².